The maximum atomic E-state index is 13.5. The number of rotatable bonds is 4. The summed E-state index contributed by atoms with van der Waals surface area (Å²) in [6, 6.07) is 22.6. The zero-order valence-corrected chi connectivity index (χ0v) is 23.4. The van der Waals surface area contributed by atoms with Gasteiger partial charge in [0.2, 0.25) is 5.91 Å². The Hall–Kier alpha value is -4.17. The molecule has 8 heteroatoms. The highest BCUT2D eigenvalue weighted by Gasteiger charge is 2.47. The third-order valence-corrected chi connectivity index (χ3v) is 7.81. The van der Waals surface area contributed by atoms with Crippen molar-refractivity contribution in [2.75, 3.05) is 36.5 Å². The summed E-state index contributed by atoms with van der Waals surface area (Å²) in [5, 5.41) is 2.99. The van der Waals surface area contributed by atoms with Gasteiger partial charge in [-0.25, -0.2) is 4.79 Å². The maximum Gasteiger partial charge on any atom is 0.415 e. The molecule has 2 aliphatic heterocycles. The quantitative estimate of drug-likeness (QED) is 0.464. The number of hydrogen-bond donors (Lipinski definition) is 1. The van der Waals surface area contributed by atoms with E-state index < -0.39 is 23.0 Å². The summed E-state index contributed by atoms with van der Waals surface area (Å²) in [5.74, 6) is -0.242. The fourth-order valence-electron chi connectivity index (χ4n) is 6.12. The summed E-state index contributed by atoms with van der Waals surface area (Å²) in [6.45, 7) is 9.74. The van der Waals surface area contributed by atoms with Crippen molar-refractivity contribution in [3.05, 3.63) is 89.5 Å². The van der Waals surface area contributed by atoms with Gasteiger partial charge in [-0.3, -0.25) is 9.59 Å². The van der Waals surface area contributed by atoms with Crippen molar-refractivity contribution in [2.24, 2.45) is 0 Å². The monoisotopic (exact) mass is 541 g/mol. The minimum absolute atomic E-state index is 0.0332. The first-order valence-corrected chi connectivity index (χ1v) is 13.6. The Morgan fingerprint density at radius 2 is 1.57 bits per heavy atom. The standard InChI is InChI=1S/C32H35N3O5/c1-22(36)35-27-15-14-24(20-26(27)32(4,21-31(35,2)3)23-10-6-5-7-11-23)33-29(37)25-12-8-9-13-28(25)40-30(38)34-16-18-39-19-17-34/h5-15,20H,16-19,21H2,1-4H3,(H,33,37). The molecule has 5 rings (SSSR count). The lowest BCUT2D eigenvalue weighted by Crippen LogP contribution is -2.55. The fraction of sp³-hybridized carbons (Fsp3) is 0.344. The van der Waals surface area contributed by atoms with Gasteiger partial charge in [0.05, 0.1) is 18.8 Å². The van der Waals surface area contributed by atoms with Crippen LogP contribution in [-0.4, -0.2) is 54.6 Å². The van der Waals surface area contributed by atoms with Crippen LogP contribution in [0.1, 0.15) is 55.6 Å². The van der Waals surface area contributed by atoms with Gasteiger partial charge in [0.15, 0.2) is 0 Å². The molecule has 8 nitrogen and oxygen atoms in total. The Bertz CT molecular complexity index is 1430. The van der Waals surface area contributed by atoms with E-state index in [0.717, 1.165) is 16.8 Å². The van der Waals surface area contributed by atoms with Crippen molar-refractivity contribution in [1.82, 2.24) is 4.90 Å². The number of fused-ring (bicyclic) bond motifs is 1. The van der Waals surface area contributed by atoms with Gasteiger partial charge in [0, 0.05) is 42.3 Å². The molecule has 1 unspecified atom stereocenters. The van der Waals surface area contributed by atoms with Gasteiger partial charge in [-0.15, -0.1) is 0 Å². The zero-order valence-electron chi connectivity index (χ0n) is 23.4. The predicted molar refractivity (Wildman–Crippen MR) is 154 cm³/mol. The average Bonchev–Trinajstić information content (AvgIpc) is 2.94. The number of morpholine rings is 1. The molecule has 0 aliphatic carbocycles. The second-order valence-electron chi connectivity index (χ2n) is 11.2. The van der Waals surface area contributed by atoms with Crippen molar-refractivity contribution >= 4 is 29.3 Å². The molecule has 2 heterocycles. The second kappa shape index (κ2) is 10.8. The van der Waals surface area contributed by atoms with E-state index in [9.17, 15) is 14.4 Å². The topological polar surface area (TPSA) is 88.2 Å². The highest BCUT2D eigenvalue weighted by Crippen LogP contribution is 2.51. The van der Waals surface area contributed by atoms with E-state index in [4.69, 9.17) is 9.47 Å². The highest BCUT2D eigenvalue weighted by atomic mass is 16.6. The van der Waals surface area contributed by atoms with Crippen molar-refractivity contribution < 1.29 is 23.9 Å². The first-order valence-electron chi connectivity index (χ1n) is 13.6. The Morgan fingerprint density at radius 1 is 0.900 bits per heavy atom. The smallest absolute Gasteiger partial charge is 0.409 e. The molecule has 1 fully saturated rings. The summed E-state index contributed by atoms with van der Waals surface area (Å²) in [6.07, 6.45) is 0.191. The Labute approximate surface area is 234 Å². The highest BCUT2D eigenvalue weighted by molar-refractivity contribution is 6.07. The molecule has 3 aromatic carbocycles. The number of amides is 3. The Morgan fingerprint density at radius 3 is 2.27 bits per heavy atom. The number of carbonyl (C=O) groups excluding carboxylic acids is 3. The van der Waals surface area contributed by atoms with Crippen molar-refractivity contribution in [3.8, 4) is 5.75 Å². The number of nitrogens with one attached hydrogen (secondary N) is 1. The first kappa shape index (κ1) is 27.4. The Kier molecular flexibility index (Phi) is 7.38. The summed E-state index contributed by atoms with van der Waals surface area (Å²) < 4.78 is 10.9. The largest absolute Gasteiger partial charge is 0.415 e. The van der Waals surface area contributed by atoms with E-state index in [1.54, 1.807) is 36.1 Å². The molecule has 0 radical (unpaired) electrons. The van der Waals surface area contributed by atoms with Crippen LogP contribution in [0, 0.1) is 0 Å². The van der Waals surface area contributed by atoms with Crippen LogP contribution in [0.3, 0.4) is 0 Å². The molecular formula is C32H35N3O5. The molecule has 1 N–H and O–H groups in total. The molecule has 40 heavy (non-hydrogen) atoms. The van der Waals surface area contributed by atoms with Crippen LogP contribution in [0.2, 0.25) is 0 Å². The molecule has 1 saturated heterocycles. The molecule has 0 aromatic heterocycles. The maximum absolute atomic E-state index is 13.5. The van der Waals surface area contributed by atoms with E-state index in [0.29, 0.717) is 38.4 Å². The number of hydrogen-bond acceptors (Lipinski definition) is 5. The van der Waals surface area contributed by atoms with Gasteiger partial charge >= 0.3 is 6.09 Å². The first-order chi connectivity index (χ1) is 19.1. The minimum atomic E-state index is -0.511. The molecule has 3 amide bonds. The molecular weight excluding hydrogens is 506 g/mol. The van der Waals surface area contributed by atoms with Crippen LogP contribution in [0.15, 0.2) is 72.8 Å². The van der Waals surface area contributed by atoms with E-state index in [1.165, 1.54) is 0 Å². The minimum Gasteiger partial charge on any atom is -0.409 e. The molecule has 2 aliphatic rings. The van der Waals surface area contributed by atoms with Gasteiger partial charge in [0.1, 0.15) is 5.75 Å². The Balaban J connectivity index is 1.47. The second-order valence-corrected chi connectivity index (χ2v) is 11.2. The number of ether oxygens (including phenoxy) is 2. The molecule has 0 spiro atoms. The molecule has 0 bridgehead atoms. The number of benzene rings is 3. The van der Waals surface area contributed by atoms with Crippen LogP contribution >= 0.6 is 0 Å². The van der Waals surface area contributed by atoms with E-state index in [1.807, 2.05) is 41.3 Å². The van der Waals surface area contributed by atoms with Gasteiger partial charge in [-0.2, -0.15) is 0 Å². The number of anilines is 2. The van der Waals surface area contributed by atoms with Gasteiger partial charge < -0.3 is 24.6 Å². The SMILES string of the molecule is CC(=O)N1c2ccc(NC(=O)c3ccccc3OC(=O)N3CCOCC3)cc2C(C)(c2ccccc2)CC1(C)C. The fourth-order valence-corrected chi connectivity index (χ4v) is 6.12. The van der Waals surface area contributed by atoms with Crippen LogP contribution in [0.25, 0.3) is 0 Å². The van der Waals surface area contributed by atoms with Crippen LogP contribution < -0.4 is 15.0 Å². The number of nitrogens with zero attached hydrogens (tertiary/aromatic N) is 2. The lowest BCUT2D eigenvalue weighted by atomic mass is 9.65. The van der Waals surface area contributed by atoms with Crippen molar-refractivity contribution in [2.45, 2.75) is 45.1 Å². The number of carbonyl (C=O) groups is 3. The predicted octanol–water partition coefficient (Wildman–Crippen LogP) is 5.61. The lowest BCUT2D eigenvalue weighted by molar-refractivity contribution is -0.117. The van der Waals surface area contributed by atoms with E-state index in [-0.39, 0.29) is 17.2 Å². The third kappa shape index (κ3) is 5.19. The van der Waals surface area contributed by atoms with Gasteiger partial charge in [0.25, 0.3) is 5.91 Å². The molecule has 1 atom stereocenters. The number of para-hydroxylation sites is 1. The molecule has 3 aromatic rings. The summed E-state index contributed by atoms with van der Waals surface area (Å²) in [5.41, 5.74) is 2.93. The summed E-state index contributed by atoms with van der Waals surface area (Å²) in [7, 11) is 0. The zero-order chi connectivity index (χ0) is 28.5. The summed E-state index contributed by atoms with van der Waals surface area (Å²) >= 11 is 0. The van der Waals surface area contributed by atoms with Crippen LogP contribution in [-0.2, 0) is 14.9 Å². The van der Waals surface area contributed by atoms with E-state index in [2.05, 4.69) is 38.2 Å². The van der Waals surface area contributed by atoms with Gasteiger partial charge in [-0.05, 0) is 61.7 Å². The van der Waals surface area contributed by atoms with Crippen molar-refractivity contribution in [3.63, 3.8) is 0 Å². The van der Waals surface area contributed by atoms with Crippen LogP contribution in [0.5, 0.6) is 5.75 Å². The van der Waals surface area contributed by atoms with Crippen molar-refractivity contribution in [1.29, 1.82) is 0 Å². The van der Waals surface area contributed by atoms with Gasteiger partial charge in [-0.1, -0.05) is 49.4 Å². The average molecular weight is 542 g/mol. The summed E-state index contributed by atoms with van der Waals surface area (Å²) in [4.78, 5) is 42.4. The third-order valence-electron chi connectivity index (χ3n) is 7.81. The van der Waals surface area contributed by atoms with Crippen LogP contribution in [0.4, 0.5) is 16.2 Å². The molecule has 0 saturated carbocycles. The normalized spacial score (nSPS) is 19.9. The lowest BCUT2D eigenvalue weighted by Gasteiger charge is -2.51. The molecule has 208 valence electrons. The van der Waals surface area contributed by atoms with E-state index >= 15 is 0 Å².